The van der Waals surface area contributed by atoms with Crippen LogP contribution in [0.5, 0.6) is 5.75 Å². The van der Waals surface area contributed by atoms with Crippen molar-refractivity contribution < 1.29 is 9.84 Å². The average Bonchev–Trinajstić information content (AvgIpc) is 2.99. The Morgan fingerprint density at radius 3 is 2.92 bits per heavy atom. The van der Waals surface area contributed by atoms with Crippen molar-refractivity contribution in [3.63, 3.8) is 0 Å². The molecule has 7 heteroatoms. The third-order valence-electron chi connectivity index (χ3n) is 5.29. The summed E-state index contributed by atoms with van der Waals surface area (Å²) in [6.45, 7) is 4.88. The minimum absolute atomic E-state index is 0. The Morgan fingerprint density at radius 1 is 1.35 bits per heavy atom. The van der Waals surface area contributed by atoms with Gasteiger partial charge in [-0.2, -0.15) is 5.10 Å². The van der Waals surface area contributed by atoms with E-state index in [1.807, 2.05) is 16.9 Å². The number of phenols is 1. The maximum absolute atomic E-state index is 10.2. The Kier molecular flexibility index (Phi) is 6.13. The van der Waals surface area contributed by atoms with Gasteiger partial charge in [-0.25, -0.2) is 0 Å². The first kappa shape index (κ1) is 19.5. The number of rotatable bonds is 4. The molecule has 1 aliphatic heterocycles. The van der Waals surface area contributed by atoms with E-state index in [4.69, 9.17) is 16.3 Å². The van der Waals surface area contributed by atoms with Gasteiger partial charge in [0, 0.05) is 25.2 Å². The predicted octanol–water partition coefficient (Wildman–Crippen LogP) is 3.31. The predicted molar refractivity (Wildman–Crippen MR) is 104 cm³/mol. The van der Waals surface area contributed by atoms with Crippen molar-refractivity contribution in [3.8, 4) is 5.75 Å². The summed E-state index contributed by atoms with van der Waals surface area (Å²) in [4.78, 5) is 2.55. The van der Waals surface area contributed by atoms with E-state index < -0.39 is 0 Å². The number of phenolic OH excluding ortho intramolecular Hbond substituents is 1. The molecule has 5 nitrogen and oxygen atoms in total. The van der Waals surface area contributed by atoms with E-state index in [0.29, 0.717) is 23.4 Å². The maximum atomic E-state index is 10.2. The van der Waals surface area contributed by atoms with Crippen LogP contribution in [0.15, 0.2) is 30.6 Å². The van der Waals surface area contributed by atoms with Gasteiger partial charge in [0.2, 0.25) is 0 Å². The van der Waals surface area contributed by atoms with E-state index in [9.17, 15) is 5.11 Å². The zero-order chi connectivity index (χ0) is 17.4. The van der Waals surface area contributed by atoms with E-state index in [2.05, 4.69) is 23.0 Å². The fourth-order valence-electron chi connectivity index (χ4n) is 4.22. The van der Waals surface area contributed by atoms with E-state index >= 15 is 0 Å². The fourth-order valence-corrected chi connectivity index (χ4v) is 4.38. The molecule has 142 valence electrons. The molecule has 4 rings (SSSR count). The highest BCUT2D eigenvalue weighted by molar-refractivity contribution is 6.30. The molecule has 2 heterocycles. The van der Waals surface area contributed by atoms with Crippen LogP contribution in [0.4, 0.5) is 0 Å². The number of benzene rings is 1. The lowest BCUT2D eigenvalue weighted by molar-refractivity contribution is -0.128. The topological polar surface area (TPSA) is 50.5 Å². The number of ether oxygens (including phenoxy) is 1. The van der Waals surface area contributed by atoms with Gasteiger partial charge >= 0.3 is 0 Å². The van der Waals surface area contributed by atoms with Crippen molar-refractivity contribution in [3.05, 3.63) is 46.7 Å². The molecule has 1 aromatic heterocycles. The van der Waals surface area contributed by atoms with E-state index in [0.717, 1.165) is 37.9 Å². The van der Waals surface area contributed by atoms with Gasteiger partial charge < -0.3 is 9.84 Å². The monoisotopic (exact) mass is 397 g/mol. The van der Waals surface area contributed by atoms with Gasteiger partial charge in [0.05, 0.1) is 30.0 Å². The van der Waals surface area contributed by atoms with Gasteiger partial charge in [-0.05, 0) is 36.6 Å². The number of hydrogen-bond donors (Lipinski definition) is 1. The van der Waals surface area contributed by atoms with Crippen LogP contribution in [0.1, 0.15) is 24.5 Å². The van der Waals surface area contributed by atoms with Crippen molar-refractivity contribution in [2.45, 2.75) is 51.0 Å². The second-order valence-electron chi connectivity index (χ2n) is 7.06. The highest BCUT2D eigenvalue weighted by Gasteiger charge is 2.40. The summed E-state index contributed by atoms with van der Waals surface area (Å²) in [5.41, 5.74) is 2.30. The number of halogens is 2. The molecule has 0 radical (unpaired) electrons. The average molecular weight is 398 g/mol. The number of aromatic hydroxyl groups is 1. The summed E-state index contributed by atoms with van der Waals surface area (Å²) in [6, 6.07) is 6.22. The Bertz CT molecular complexity index is 752. The number of aromatic nitrogens is 2. The summed E-state index contributed by atoms with van der Waals surface area (Å²) in [5, 5.41) is 15.2. The largest absolute Gasteiger partial charge is 0.508 e. The molecule has 2 aliphatic rings. The third kappa shape index (κ3) is 3.86. The van der Waals surface area contributed by atoms with Crippen LogP contribution in [-0.2, 0) is 24.1 Å². The second kappa shape index (κ2) is 8.17. The molecular formula is C19H25Cl2N3O2. The first-order chi connectivity index (χ1) is 12.1. The molecule has 0 unspecified atom stereocenters. The van der Waals surface area contributed by atoms with Crippen LogP contribution >= 0.6 is 24.0 Å². The Labute approximate surface area is 165 Å². The van der Waals surface area contributed by atoms with Crippen molar-refractivity contribution in [1.29, 1.82) is 0 Å². The summed E-state index contributed by atoms with van der Waals surface area (Å²) < 4.78 is 8.29. The summed E-state index contributed by atoms with van der Waals surface area (Å²) in [5.74, 6) is 0.391. The Morgan fingerprint density at radius 2 is 2.19 bits per heavy atom. The third-order valence-corrected chi connectivity index (χ3v) is 5.48. The fraction of sp³-hybridized carbons (Fsp3) is 0.526. The number of fused-ring (bicyclic) bond motifs is 2. The van der Waals surface area contributed by atoms with Crippen LogP contribution in [0.3, 0.4) is 0 Å². The molecule has 1 aliphatic carbocycles. The summed E-state index contributed by atoms with van der Waals surface area (Å²) in [6.07, 6.45) is 6.51. The minimum atomic E-state index is 0. The van der Waals surface area contributed by atoms with Crippen molar-refractivity contribution >= 4 is 24.0 Å². The maximum Gasteiger partial charge on any atom is 0.119 e. The van der Waals surface area contributed by atoms with Crippen molar-refractivity contribution in [2.75, 3.05) is 13.1 Å². The van der Waals surface area contributed by atoms with Gasteiger partial charge in [-0.1, -0.05) is 30.7 Å². The molecule has 0 saturated carbocycles. The van der Waals surface area contributed by atoms with E-state index in [-0.39, 0.29) is 24.6 Å². The lowest BCUT2D eigenvalue weighted by Crippen LogP contribution is -2.58. The summed E-state index contributed by atoms with van der Waals surface area (Å²) >= 11 is 5.98. The highest BCUT2D eigenvalue weighted by Crippen LogP contribution is 2.35. The molecule has 1 aromatic carbocycles. The molecule has 0 amide bonds. The van der Waals surface area contributed by atoms with Crippen LogP contribution in [-0.4, -0.2) is 51.1 Å². The molecule has 3 atom stereocenters. The molecule has 26 heavy (non-hydrogen) atoms. The number of hydrogen-bond acceptors (Lipinski definition) is 4. The molecule has 0 bridgehead atoms. The zero-order valence-electron chi connectivity index (χ0n) is 14.8. The molecule has 1 N–H and O–H groups in total. The second-order valence-corrected chi connectivity index (χ2v) is 7.50. The van der Waals surface area contributed by atoms with E-state index in [1.54, 1.807) is 12.3 Å². The lowest BCUT2D eigenvalue weighted by Gasteiger charge is -2.47. The molecule has 2 aromatic rings. The van der Waals surface area contributed by atoms with Crippen LogP contribution in [0, 0.1) is 0 Å². The quantitative estimate of drug-likeness (QED) is 0.859. The molecule has 0 spiro atoms. The molecular weight excluding hydrogens is 373 g/mol. The minimum Gasteiger partial charge on any atom is -0.508 e. The van der Waals surface area contributed by atoms with Gasteiger partial charge in [0.25, 0.3) is 0 Å². The van der Waals surface area contributed by atoms with Crippen LogP contribution < -0.4 is 0 Å². The first-order valence-electron chi connectivity index (χ1n) is 9.01. The Balaban J connectivity index is 0.00000196. The van der Waals surface area contributed by atoms with Crippen molar-refractivity contribution in [2.24, 2.45) is 0 Å². The van der Waals surface area contributed by atoms with Gasteiger partial charge in [-0.15, -0.1) is 12.4 Å². The van der Waals surface area contributed by atoms with Gasteiger partial charge in [0.15, 0.2) is 0 Å². The van der Waals surface area contributed by atoms with Crippen LogP contribution in [0.2, 0.25) is 5.02 Å². The van der Waals surface area contributed by atoms with Crippen molar-refractivity contribution in [1.82, 2.24) is 14.7 Å². The number of morpholine rings is 1. The lowest BCUT2D eigenvalue weighted by atomic mass is 9.83. The van der Waals surface area contributed by atoms with E-state index in [1.165, 1.54) is 5.56 Å². The molecule has 1 fully saturated rings. The summed E-state index contributed by atoms with van der Waals surface area (Å²) in [7, 11) is 0. The highest BCUT2D eigenvalue weighted by atomic mass is 35.5. The molecule has 1 saturated heterocycles. The number of nitrogens with zero attached hydrogens (tertiary/aromatic N) is 3. The normalized spacial score (nSPS) is 25.2. The first-order valence-corrected chi connectivity index (χ1v) is 9.39. The SMILES string of the molecule is CCCN1C[C@H](Cn2cc(Cl)cn2)O[C@@H]2Cc3c(O)cccc3C[C@H]21.Cl. The smallest absolute Gasteiger partial charge is 0.119 e. The van der Waals surface area contributed by atoms with Gasteiger partial charge in [0.1, 0.15) is 5.75 Å². The standard InChI is InChI=1S/C19H24ClN3O2.ClH/c1-2-6-22-11-15(12-23-10-14(20)9-21-23)25-19-8-16-13(7-17(19)22)4-3-5-18(16)24;/h3-5,9-10,15,17,19,24H,2,6-8,11-12H2,1H3;1H/t15-,17-,19-;/m1./s1. The Hall–Kier alpha value is -1.27. The zero-order valence-corrected chi connectivity index (χ0v) is 16.4. The van der Waals surface area contributed by atoms with Crippen LogP contribution in [0.25, 0.3) is 0 Å². The van der Waals surface area contributed by atoms with Gasteiger partial charge in [-0.3, -0.25) is 9.58 Å².